The van der Waals surface area contributed by atoms with Crippen molar-refractivity contribution < 1.29 is 14.6 Å². The van der Waals surface area contributed by atoms with E-state index in [9.17, 15) is 5.11 Å². The molecular formula is C10H11O3. The molecule has 1 unspecified atom stereocenters. The van der Waals surface area contributed by atoms with Gasteiger partial charge in [0, 0.05) is 5.56 Å². The molecule has 1 fully saturated rings. The molecule has 1 heterocycles. The van der Waals surface area contributed by atoms with Crippen molar-refractivity contribution in [3.8, 4) is 5.75 Å². The Bertz CT molecular complexity index is 281. The minimum Gasteiger partial charge on any atom is -0.374 e. The number of para-hydroxylation sites is 1. The standard InChI is InChI=1S/C10H11O3/c11-10-4-2-1-3-8(10)5-12-6-9-7-13-9/h1-4,9H,5-7H2. The zero-order valence-electron chi connectivity index (χ0n) is 7.23. The number of rotatable bonds is 4. The molecule has 0 N–H and O–H groups in total. The van der Waals surface area contributed by atoms with Crippen LogP contribution in [0.25, 0.3) is 0 Å². The second kappa shape index (κ2) is 3.77. The molecule has 69 valence electrons. The van der Waals surface area contributed by atoms with E-state index in [-0.39, 0.29) is 11.9 Å². The van der Waals surface area contributed by atoms with Crippen LogP contribution in [0.1, 0.15) is 5.56 Å². The summed E-state index contributed by atoms with van der Waals surface area (Å²) in [4.78, 5) is 0. The molecule has 0 amide bonds. The lowest BCUT2D eigenvalue weighted by atomic mass is 10.2. The SMILES string of the molecule is [O]c1ccccc1COCC1CO1. The Labute approximate surface area is 76.9 Å². The Morgan fingerprint density at radius 3 is 2.92 bits per heavy atom. The highest BCUT2D eigenvalue weighted by Crippen LogP contribution is 2.18. The van der Waals surface area contributed by atoms with Crippen LogP contribution in [0, 0.1) is 0 Å². The minimum absolute atomic E-state index is 0.0409. The maximum atomic E-state index is 11.2. The Kier molecular flexibility index (Phi) is 2.47. The van der Waals surface area contributed by atoms with Gasteiger partial charge in [0.25, 0.3) is 0 Å². The molecule has 0 aliphatic carbocycles. The van der Waals surface area contributed by atoms with Crippen LogP contribution in [0.5, 0.6) is 5.75 Å². The van der Waals surface area contributed by atoms with Crippen molar-refractivity contribution >= 4 is 0 Å². The Morgan fingerprint density at radius 1 is 1.46 bits per heavy atom. The molecule has 3 heteroatoms. The fraction of sp³-hybridized carbons (Fsp3) is 0.400. The van der Waals surface area contributed by atoms with Crippen molar-refractivity contribution in [1.82, 2.24) is 0 Å². The fourth-order valence-electron chi connectivity index (χ4n) is 1.09. The number of benzene rings is 1. The van der Waals surface area contributed by atoms with Crippen molar-refractivity contribution in [2.75, 3.05) is 13.2 Å². The van der Waals surface area contributed by atoms with Crippen LogP contribution in [0.15, 0.2) is 24.3 Å². The van der Waals surface area contributed by atoms with E-state index >= 15 is 0 Å². The maximum absolute atomic E-state index is 11.2. The molecule has 0 aromatic heterocycles. The van der Waals surface area contributed by atoms with E-state index < -0.39 is 0 Å². The van der Waals surface area contributed by atoms with E-state index in [0.717, 1.165) is 6.61 Å². The maximum Gasteiger partial charge on any atom is 0.184 e. The van der Waals surface area contributed by atoms with Gasteiger partial charge < -0.3 is 9.47 Å². The topological polar surface area (TPSA) is 41.7 Å². The van der Waals surface area contributed by atoms with Crippen LogP contribution in [0.2, 0.25) is 0 Å². The molecule has 13 heavy (non-hydrogen) atoms. The van der Waals surface area contributed by atoms with E-state index in [1.807, 2.05) is 6.07 Å². The van der Waals surface area contributed by atoms with Gasteiger partial charge in [-0.3, -0.25) is 5.11 Å². The molecular weight excluding hydrogens is 168 g/mol. The van der Waals surface area contributed by atoms with Gasteiger partial charge in [-0.15, -0.1) is 0 Å². The molecule has 1 radical (unpaired) electrons. The summed E-state index contributed by atoms with van der Waals surface area (Å²) in [7, 11) is 0. The highest BCUT2D eigenvalue weighted by Gasteiger charge is 2.22. The Morgan fingerprint density at radius 2 is 2.23 bits per heavy atom. The van der Waals surface area contributed by atoms with Crippen molar-refractivity contribution in [2.45, 2.75) is 12.7 Å². The average Bonchev–Trinajstić information content (AvgIpc) is 2.92. The molecule has 0 bridgehead atoms. The summed E-state index contributed by atoms with van der Waals surface area (Å²) >= 11 is 0. The van der Waals surface area contributed by atoms with Gasteiger partial charge in [-0.25, -0.2) is 0 Å². The van der Waals surface area contributed by atoms with Gasteiger partial charge in [-0.2, -0.15) is 0 Å². The summed E-state index contributed by atoms with van der Waals surface area (Å²) in [5.41, 5.74) is 0.711. The molecule has 1 aromatic rings. The largest absolute Gasteiger partial charge is 0.374 e. The molecule has 0 saturated carbocycles. The lowest BCUT2D eigenvalue weighted by molar-refractivity contribution is 0.102. The molecule has 1 saturated heterocycles. The highest BCUT2D eigenvalue weighted by molar-refractivity contribution is 5.30. The first-order valence-electron chi connectivity index (χ1n) is 4.30. The third-order valence-corrected chi connectivity index (χ3v) is 1.94. The second-order valence-corrected chi connectivity index (χ2v) is 3.08. The third-order valence-electron chi connectivity index (χ3n) is 1.94. The van der Waals surface area contributed by atoms with Crippen LogP contribution >= 0.6 is 0 Å². The normalized spacial score (nSPS) is 20.2. The van der Waals surface area contributed by atoms with E-state index in [1.165, 1.54) is 0 Å². The predicted molar refractivity (Wildman–Crippen MR) is 46.0 cm³/mol. The van der Waals surface area contributed by atoms with Crippen molar-refractivity contribution in [1.29, 1.82) is 0 Å². The zero-order valence-corrected chi connectivity index (χ0v) is 7.23. The molecule has 1 aliphatic heterocycles. The highest BCUT2D eigenvalue weighted by atomic mass is 16.6. The first-order valence-corrected chi connectivity index (χ1v) is 4.30. The van der Waals surface area contributed by atoms with E-state index in [2.05, 4.69) is 0 Å². The lowest BCUT2D eigenvalue weighted by Gasteiger charge is -2.02. The van der Waals surface area contributed by atoms with Crippen LogP contribution in [-0.4, -0.2) is 19.3 Å². The molecule has 2 rings (SSSR count). The van der Waals surface area contributed by atoms with Crippen LogP contribution in [0.3, 0.4) is 0 Å². The predicted octanol–water partition coefficient (Wildman–Crippen LogP) is 1.75. The molecule has 1 aliphatic rings. The van der Waals surface area contributed by atoms with Gasteiger partial charge in [-0.1, -0.05) is 18.2 Å². The van der Waals surface area contributed by atoms with E-state index in [4.69, 9.17) is 9.47 Å². The van der Waals surface area contributed by atoms with E-state index in [1.54, 1.807) is 18.2 Å². The van der Waals surface area contributed by atoms with Crippen molar-refractivity contribution in [3.63, 3.8) is 0 Å². The Hall–Kier alpha value is -1.06. The number of hydrogen-bond acceptors (Lipinski definition) is 2. The van der Waals surface area contributed by atoms with Crippen LogP contribution in [-0.2, 0) is 21.2 Å². The summed E-state index contributed by atoms with van der Waals surface area (Å²) in [6.45, 7) is 1.77. The molecule has 3 nitrogen and oxygen atoms in total. The van der Waals surface area contributed by atoms with Gasteiger partial charge in [0.15, 0.2) is 5.75 Å². The molecule has 1 atom stereocenters. The summed E-state index contributed by atoms with van der Waals surface area (Å²) in [5.74, 6) is 0.0409. The minimum atomic E-state index is 0.0409. The monoisotopic (exact) mass is 179 g/mol. The van der Waals surface area contributed by atoms with Gasteiger partial charge in [0.1, 0.15) is 6.10 Å². The smallest absolute Gasteiger partial charge is 0.184 e. The summed E-state index contributed by atoms with van der Waals surface area (Å²) in [5, 5.41) is 11.2. The molecule has 0 spiro atoms. The lowest BCUT2D eigenvalue weighted by Crippen LogP contribution is -2.01. The van der Waals surface area contributed by atoms with Gasteiger partial charge in [-0.05, 0) is 6.07 Å². The summed E-state index contributed by atoms with van der Waals surface area (Å²) < 4.78 is 10.3. The van der Waals surface area contributed by atoms with Crippen LogP contribution < -0.4 is 0 Å². The first-order chi connectivity index (χ1) is 6.36. The van der Waals surface area contributed by atoms with Gasteiger partial charge in [0.05, 0.1) is 19.8 Å². The van der Waals surface area contributed by atoms with Crippen molar-refractivity contribution in [3.05, 3.63) is 29.8 Å². The number of hydrogen-bond donors (Lipinski definition) is 0. The van der Waals surface area contributed by atoms with Gasteiger partial charge in [0.2, 0.25) is 0 Å². The third kappa shape index (κ3) is 2.44. The quantitative estimate of drug-likeness (QED) is 0.660. The Balaban J connectivity index is 1.82. The first kappa shape index (κ1) is 8.53. The van der Waals surface area contributed by atoms with Gasteiger partial charge >= 0.3 is 0 Å². The van der Waals surface area contributed by atoms with E-state index in [0.29, 0.717) is 18.8 Å². The molecule has 1 aromatic carbocycles. The number of ether oxygens (including phenoxy) is 2. The van der Waals surface area contributed by atoms with Crippen molar-refractivity contribution in [2.24, 2.45) is 0 Å². The fourth-order valence-corrected chi connectivity index (χ4v) is 1.09. The average molecular weight is 179 g/mol. The second-order valence-electron chi connectivity index (χ2n) is 3.08. The number of epoxide rings is 1. The summed E-state index contributed by atoms with van der Waals surface area (Å²) in [6.07, 6.45) is 0.263. The summed E-state index contributed by atoms with van der Waals surface area (Å²) in [6, 6.07) is 6.91. The zero-order chi connectivity index (χ0) is 9.10. The van der Waals surface area contributed by atoms with Crippen LogP contribution in [0.4, 0.5) is 0 Å².